The largest absolute Gasteiger partial charge is 0.417 e. The molecule has 4 nitrogen and oxygen atoms in total. The van der Waals surface area contributed by atoms with Crippen LogP contribution >= 0.6 is 0 Å². The molecule has 1 heterocycles. The van der Waals surface area contributed by atoms with Crippen LogP contribution in [0.25, 0.3) is 0 Å². The standard InChI is InChI=1S/C13H14F3NO3/c14-13(15,16)11-4-2-1-3-10(11)12(18)17-7-9-8-19-5-6-20-9/h1-4,9H,5-8H2,(H,17,18)/t9-/m0/s1. The molecule has 0 aliphatic carbocycles. The lowest BCUT2D eigenvalue weighted by atomic mass is 10.1. The van der Waals surface area contributed by atoms with Gasteiger partial charge in [-0.05, 0) is 12.1 Å². The van der Waals surface area contributed by atoms with Crippen LogP contribution in [0.5, 0.6) is 0 Å². The highest BCUT2D eigenvalue weighted by molar-refractivity contribution is 5.95. The quantitative estimate of drug-likeness (QED) is 0.924. The molecule has 1 aliphatic heterocycles. The summed E-state index contributed by atoms with van der Waals surface area (Å²) in [5, 5.41) is 2.44. The minimum absolute atomic E-state index is 0.116. The third-order valence-corrected chi connectivity index (χ3v) is 2.85. The van der Waals surface area contributed by atoms with Gasteiger partial charge in [-0.3, -0.25) is 4.79 Å². The number of halogens is 3. The minimum Gasteiger partial charge on any atom is -0.376 e. The van der Waals surface area contributed by atoms with Crippen molar-refractivity contribution in [3.05, 3.63) is 35.4 Å². The molecule has 2 rings (SSSR count). The molecule has 0 bridgehead atoms. The lowest BCUT2D eigenvalue weighted by Gasteiger charge is -2.23. The van der Waals surface area contributed by atoms with Crippen molar-refractivity contribution in [1.82, 2.24) is 5.32 Å². The third-order valence-electron chi connectivity index (χ3n) is 2.85. The van der Waals surface area contributed by atoms with Crippen LogP contribution in [0, 0.1) is 0 Å². The third kappa shape index (κ3) is 3.71. The average molecular weight is 289 g/mol. The van der Waals surface area contributed by atoms with Gasteiger partial charge in [-0.25, -0.2) is 0 Å². The van der Waals surface area contributed by atoms with Crippen molar-refractivity contribution in [2.45, 2.75) is 12.3 Å². The molecule has 0 spiro atoms. The maximum atomic E-state index is 12.8. The lowest BCUT2D eigenvalue weighted by Crippen LogP contribution is -2.40. The van der Waals surface area contributed by atoms with Crippen molar-refractivity contribution in [3.63, 3.8) is 0 Å². The monoisotopic (exact) mass is 289 g/mol. The molecule has 110 valence electrons. The summed E-state index contributed by atoms with van der Waals surface area (Å²) in [5.41, 5.74) is -1.34. The van der Waals surface area contributed by atoms with Crippen molar-refractivity contribution in [2.24, 2.45) is 0 Å². The highest BCUT2D eigenvalue weighted by atomic mass is 19.4. The Bertz CT molecular complexity index is 470. The van der Waals surface area contributed by atoms with E-state index in [-0.39, 0.29) is 12.6 Å². The first-order valence-corrected chi connectivity index (χ1v) is 6.12. The Morgan fingerprint density at radius 3 is 2.70 bits per heavy atom. The van der Waals surface area contributed by atoms with Gasteiger partial charge >= 0.3 is 6.18 Å². The number of benzene rings is 1. The Balaban J connectivity index is 2.02. The van der Waals surface area contributed by atoms with Crippen molar-refractivity contribution in [1.29, 1.82) is 0 Å². The fraction of sp³-hybridized carbons (Fsp3) is 0.462. The van der Waals surface area contributed by atoms with E-state index in [1.54, 1.807) is 0 Å². The number of hydrogen-bond donors (Lipinski definition) is 1. The van der Waals surface area contributed by atoms with Gasteiger partial charge < -0.3 is 14.8 Å². The Labute approximate surface area is 113 Å². The predicted octanol–water partition coefficient (Wildman–Crippen LogP) is 1.85. The summed E-state index contributed by atoms with van der Waals surface area (Å²) >= 11 is 0. The number of ether oxygens (including phenoxy) is 2. The minimum atomic E-state index is -4.56. The first-order valence-electron chi connectivity index (χ1n) is 6.12. The Kier molecular flexibility index (Phi) is 4.61. The van der Waals surface area contributed by atoms with Crippen LogP contribution in [0.3, 0.4) is 0 Å². The van der Waals surface area contributed by atoms with E-state index < -0.39 is 23.2 Å². The van der Waals surface area contributed by atoms with Gasteiger partial charge in [0.15, 0.2) is 0 Å². The number of hydrogen-bond acceptors (Lipinski definition) is 3. The van der Waals surface area contributed by atoms with Crippen molar-refractivity contribution >= 4 is 5.91 Å². The van der Waals surface area contributed by atoms with Crippen molar-refractivity contribution < 1.29 is 27.4 Å². The number of rotatable bonds is 3. The average Bonchev–Trinajstić information content (AvgIpc) is 2.45. The van der Waals surface area contributed by atoms with E-state index in [0.717, 1.165) is 12.1 Å². The van der Waals surface area contributed by atoms with Gasteiger partial charge in [-0.15, -0.1) is 0 Å². The topological polar surface area (TPSA) is 47.6 Å². The summed E-state index contributed by atoms with van der Waals surface area (Å²) in [6.07, 6.45) is -4.89. The SMILES string of the molecule is O=C(NC[C@H]1COCCO1)c1ccccc1C(F)(F)F. The molecular formula is C13H14F3NO3. The molecule has 1 N–H and O–H groups in total. The summed E-state index contributed by atoms with van der Waals surface area (Å²) in [6, 6.07) is 4.67. The van der Waals surface area contributed by atoms with Gasteiger partial charge in [0.1, 0.15) is 0 Å². The van der Waals surface area contributed by atoms with Crippen LogP contribution in [0.1, 0.15) is 15.9 Å². The lowest BCUT2D eigenvalue weighted by molar-refractivity contribution is -0.137. The van der Waals surface area contributed by atoms with E-state index in [1.165, 1.54) is 12.1 Å². The van der Waals surface area contributed by atoms with Crippen LogP contribution in [0.4, 0.5) is 13.2 Å². The van der Waals surface area contributed by atoms with E-state index in [1.807, 2.05) is 0 Å². The number of carbonyl (C=O) groups is 1. The van der Waals surface area contributed by atoms with Crippen LogP contribution in [0.2, 0.25) is 0 Å². The van der Waals surface area contributed by atoms with Crippen LogP contribution in [0.15, 0.2) is 24.3 Å². The number of carbonyl (C=O) groups excluding carboxylic acids is 1. The summed E-state index contributed by atoms with van der Waals surface area (Å²) in [7, 11) is 0. The predicted molar refractivity (Wildman–Crippen MR) is 64.3 cm³/mol. The van der Waals surface area contributed by atoms with E-state index in [4.69, 9.17) is 9.47 Å². The van der Waals surface area contributed by atoms with Gasteiger partial charge in [-0.1, -0.05) is 12.1 Å². The molecule has 1 saturated heterocycles. The first-order chi connectivity index (χ1) is 9.48. The molecule has 1 aliphatic rings. The molecule has 20 heavy (non-hydrogen) atoms. The van der Waals surface area contributed by atoms with E-state index >= 15 is 0 Å². The van der Waals surface area contributed by atoms with E-state index in [2.05, 4.69) is 5.32 Å². The van der Waals surface area contributed by atoms with Gasteiger partial charge in [0.25, 0.3) is 5.91 Å². The summed E-state index contributed by atoms with van der Waals surface area (Å²) in [5.74, 6) is -0.771. The number of amides is 1. The Hall–Kier alpha value is -1.60. The van der Waals surface area contributed by atoms with Crippen LogP contribution < -0.4 is 5.32 Å². The van der Waals surface area contributed by atoms with Crippen LogP contribution in [-0.2, 0) is 15.7 Å². The zero-order chi connectivity index (χ0) is 14.6. The molecule has 1 fully saturated rings. The van der Waals surface area contributed by atoms with Crippen molar-refractivity contribution in [3.8, 4) is 0 Å². The summed E-state index contributed by atoms with van der Waals surface area (Å²) < 4.78 is 48.8. The summed E-state index contributed by atoms with van der Waals surface area (Å²) in [6.45, 7) is 1.34. The molecule has 7 heteroatoms. The Morgan fingerprint density at radius 1 is 1.30 bits per heavy atom. The molecule has 1 atom stereocenters. The maximum Gasteiger partial charge on any atom is 0.417 e. The van der Waals surface area contributed by atoms with Gasteiger partial charge in [0, 0.05) is 6.54 Å². The molecule has 0 aromatic heterocycles. The van der Waals surface area contributed by atoms with E-state index in [0.29, 0.717) is 19.8 Å². The number of alkyl halides is 3. The van der Waals surface area contributed by atoms with Gasteiger partial charge in [0.2, 0.25) is 0 Å². The normalized spacial score (nSPS) is 19.6. The highest BCUT2D eigenvalue weighted by Gasteiger charge is 2.34. The second-order valence-corrected chi connectivity index (χ2v) is 4.32. The zero-order valence-corrected chi connectivity index (χ0v) is 10.6. The molecular weight excluding hydrogens is 275 g/mol. The first kappa shape index (κ1) is 14.8. The molecule has 0 radical (unpaired) electrons. The van der Waals surface area contributed by atoms with E-state index in [9.17, 15) is 18.0 Å². The second kappa shape index (κ2) is 6.23. The smallest absolute Gasteiger partial charge is 0.376 e. The van der Waals surface area contributed by atoms with Gasteiger partial charge in [0.05, 0.1) is 37.1 Å². The molecule has 0 saturated carbocycles. The number of nitrogens with one attached hydrogen (secondary N) is 1. The fourth-order valence-corrected chi connectivity index (χ4v) is 1.88. The molecule has 1 amide bonds. The summed E-state index contributed by atoms with van der Waals surface area (Å²) in [4.78, 5) is 11.8. The maximum absolute atomic E-state index is 12.8. The molecule has 1 aromatic rings. The molecule has 1 aromatic carbocycles. The molecule has 0 unspecified atom stereocenters. The van der Waals surface area contributed by atoms with Gasteiger partial charge in [-0.2, -0.15) is 13.2 Å². The second-order valence-electron chi connectivity index (χ2n) is 4.32. The fourth-order valence-electron chi connectivity index (χ4n) is 1.88. The van der Waals surface area contributed by atoms with Crippen LogP contribution in [-0.4, -0.2) is 38.4 Å². The van der Waals surface area contributed by atoms with Crippen molar-refractivity contribution in [2.75, 3.05) is 26.4 Å². The highest BCUT2D eigenvalue weighted by Crippen LogP contribution is 2.31. The zero-order valence-electron chi connectivity index (χ0n) is 10.6. The Morgan fingerprint density at radius 2 is 2.05 bits per heavy atom.